The molecule has 1 aromatic carbocycles. The number of pyridine rings is 1. The summed E-state index contributed by atoms with van der Waals surface area (Å²) < 4.78 is 11.3. The minimum absolute atomic E-state index is 0.0879. The Hall–Kier alpha value is -3.09. The molecule has 0 radical (unpaired) electrons. The van der Waals surface area contributed by atoms with Gasteiger partial charge in [0, 0.05) is 18.8 Å². The lowest BCUT2D eigenvalue weighted by Crippen LogP contribution is -2.43. The highest BCUT2D eigenvalue weighted by Crippen LogP contribution is 2.33. The second-order valence-electron chi connectivity index (χ2n) is 10.5. The summed E-state index contributed by atoms with van der Waals surface area (Å²) in [5.41, 5.74) is 1.35. The van der Waals surface area contributed by atoms with Crippen molar-refractivity contribution < 1.29 is 19.1 Å². The third kappa shape index (κ3) is 6.53. The van der Waals surface area contributed by atoms with Crippen LogP contribution in [0.4, 0.5) is 15.4 Å². The molecule has 7 nitrogen and oxygen atoms in total. The summed E-state index contributed by atoms with van der Waals surface area (Å²) in [5, 5.41) is 0. The van der Waals surface area contributed by atoms with Gasteiger partial charge in [-0.05, 0) is 70.1 Å². The van der Waals surface area contributed by atoms with Crippen LogP contribution in [0.15, 0.2) is 48.7 Å². The van der Waals surface area contributed by atoms with Gasteiger partial charge in [0.05, 0.1) is 6.04 Å². The van der Waals surface area contributed by atoms with E-state index in [2.05, 4.69) is 4.98 Å². The van der Waals surface area contributed by atoms with Crippen LogP contribution in [-0.2, 0) is 16.1 Å². The minimum Gasteiger partial charge on any atom is -0.445 e. The molecule has 1 saturated carbocycles. The van der Waals surface area contributed by atoms with Crippen molar-refractivity contribution in [1.82, 2.24) is 9.88 Å². The van der Waals surface area contributed by atoms with Crippen LogP contribution in [0.1, 0.15) is 82.9 Å². The Balaban J connectivity index is 1.48. The van der Waals surface area contributed by atoms with Crippen molar-refractivity contribution in [2.24, 2.45) is 0 Å². The molecule has 2 fully saturated rings. The Labute approximate surface area is 208 Å². The number of carbonyl (C=O) groups excluding carboxylic acids is 2. The summed E-state index contributed by atoms with van der Waals surface area (Å²) in [7, 11) is 0. The Bertz CT molecular complexity index is 982. The molecule has 1 atom stereocenters. The molecule has 2 amide bonds. The molecule has 7 heteroatoms. The standard InChI is InChI=1S/C28H37N3O4/c1-28(2,3)35-27(33)31(23-13-7-8-14-23)25-17-16-22(19-29-25)24-15-9-10-18-30(24)26(32)34-20-21-11-5-4-6-12-21/h4-6,11-12,16-17,19,23-24H,7-10,13-15,18,20H2,1-3H3/t24-/m1/s1. The van der Waals surface area contributed by atoms with E-state index in [0.717, 1.165) is 56.1 Å². The molecule has 0 N–H and O–H groups in total. The lowest BCUT2D eigenvalue weighted by molar-refractivity contribution is 0.0564. The smallest absolute Gasteiger partial charge is 0.416 e. The quantitative estimate of drug-likeness (QED) is 0.481. The predicted molar refractivity (Wildman–Crippen MR) is 135 cm³/mol. The summed E-state index contributed by atoms with van der Waals surface area (Å²) in [5.74, 6) is 0.601. The highest BCUT2D eigenvalue weighted by molar-refractivity contribution is 5.87. The number of amides is 2. The third-order valence-corrected chi connectivity index (χ3v) is 6.62. The van der Waals surface area contributed by atoms with Crippen LogP contribution in [0.2, 0.25) is 0 Å². The fraction of sp³-hybridized carbons (Fsp3) is 0.536. The van der Waals surface area contributed by atoms with Crippen molar-refractivity contribution in [3.63, 3.8) is 0 Å². The maximum atomic E-state index is 13.1. The molecule has 1 aliphatic heterocycles. The predicted octanol–water partition coefficient (Wildman–Crippen LogP) is 6.63. The second-order valence-corrected chi connectivity index (χ2v) is 10.5. The number of rotatable bonds is 5. The zero-order valence-electron chi connectivity index (χ0n) is 21.1. The molecule has 0 unspecified atom stereocenters. The first-order valence-electron chi connectivity index (χ1n) is 12.8. The van der Waals surface area contributed by atoms with Gasteiger partial charge < -0.3 is 14.4 Å². The average Bonchev–Trinajstić information content (AvgIpc) is 3.37. The van der Waals surface area contributed by atoms with Crippen LogP contribution in [0.5, 0.6) is 0 Å². The Morgan fingerprint density at radius 2 is 1.71 bits per heavy atom. The first kappa shape index (κ1) is 25.0. The van der Waals surface area contributed by atoms with Crippen molar-refractivity contribution in [1.29, 1.82) is 0 Å². The van der Waals surface area contributed by atoms with E-state index in [0.29, 0.717) is 12.4 Å². The summed E-state index contributed by atoms with van der Waals surface area (Å²) in [4.78, 5) is 34.2. The molecule has 0 bridgehead atoms. The van der Waals surface area contributed by atoms with Crippen LogP contribution in [0.3, 0.4) is 0 Å². The maximum Gasteiger partial charge on any atom is 0.416 e. The summed E-state index contributed by atoms with van der Waals surface area (Å²) in [6.45, 7) is 6.55. The van der Waals surface area contributed by atoms with E-state index in [1.54, 1.807) is 11.1 Å². The summed E-state index contributed by atoms with van der Waals surface area (Å²) in [6.07, 6.45) is 8.11. The third-order valence-electron chi connectivity index (χ3n) is 6.62. The van der Waals surface area contributed by atoms with Crippen LogP contribution >= 0.6 is 0 Å². The van der Waals surface area contributed by atoms with E-state index >= 15 is 0 Å². The molecule has 1 aliphatic carbocycles. The van der Waals surface area contributed by atoms with Crippen molar-refractivity contribution in [3.05, 3.63) is 59.8 Å². The van der Waals surface area contributed by atoms with Crippen LogP contribution in [-0.4, -0.2) is 40.3 Å². The van der Waals surface area contributed by atoms with Gasteiger partial charge in [0.1, 0.15) is 18.0 Å². The van der Waals surface area contributed by atoms with Crippen LogP contribution in [0.25, 0.3) is 0 Å². The zero-order valence-corrected chi connectivity index (χ0v) is 21.1. The minimum atomic E-state index is -0.573. The molecule has 4 rings (SSSR count). The molecule has 2 aromatic rings. The fourth-order valence-corrected chi connectivity index (χ4v) is 4.94. The van der Waals surface area contributed by atoms with Crippen molar-refractivity contribution >= 4 is 18.0 Å². The molecular formula is C28H37N3O4. The largest absolute Gasteiger partial charge is 0.445 e. The molecule has 1 aromatic heterocycles. The first-order chi connectivity index (χ1) is 16.8. The van der Waals surface area contributed by atoms with E-state index in [1.165, 1.54) is 0 Å². The van der Waals surface area contributed by atoms with E-state index in [-0.39, 0.29) is 30.9 Å². The topological polar surface area (TPSA) is 72.0 Å². The molecule has 1 saturated heterocycles. The Morgan fingerprint density at radius 3 is 2.37 bits per heavy atom. The SMILES string of the molecule is CC(C)(C)OC(=O)N(c1ccc([C@H]2CCCCN2C(=O)OCc2ccccc2)cn1)C1CCCC1. The highest BCUT2D eigenvalue weighted by Gasteiger charge is 2.33. The number of carbonyl (C=O) groups is 2. The lowest BCUT2D eigenvalue weighted by atomic mass is 9.97. The number of piperidine rings is 1. The van der Waals surface area contributed by atoms with Crippen LogP contribution < -0.4 is 4.90 Å². The number of hydrogen-bond acceptors (Lipinski definition) is 5. The number of ether oxygens (including phenoxy) is 2. The number of aromatic nitrogens is 1. The van der Waals surface area contributed by atoms with E-state index < -0.39 is 5.60 Å². The maximum absolute atomic E-state index is 13.1. The second kappa shape index (κ2) is 11.1. The van der Waals surface area contributed by atoms with Crippen LogP contribution in [0, 0.1) is 0 Å². The van der Waals surface area contributed by atoms with E-state index in [9.17, 15) is 9.59 Å². The number of hydrogen-bond donors (Lipinski definition) is 0. The van der Waals surface area contributed by atoms with Gasteiger partial charge in [0.15, 0.2) is 0 Å². The molecule has 0 spiro atoms. The van der Waals surface area contributed by atoms with Crippen molar-refractivity contribution in [3.8, 4) is 0 Å². The van der Waals surface area contributed by atoms with Crippen molar-refractivity contribution in [2.45, 2.75) is 90.0 Å². The number of benzene rings is 1. The van der Waals surface area contributed by atoms with Gasteiger partial charge >= 0.3 is 12.2 Å². The lowest BCUT2D eigenvalue weighted by Gasteiger charge is -2.35. The Morgan fingerprint density at radius 1 is 1.00 bits per heavy atom. The van der Waals surface area contributed by atoms with Gasteiger partial charge in [-0.2, -0.15) is 0 Å². The van der Waals surface area contributed by atoms with Gasteiger partial charge in [-0.1, -0.05) is 49.2 Å². The highest BCUT2D eigenvalue weighted by atomic mass is 16.6. The fourth-order valence-electron chi connectivity index (χ4n) is 4.94. The van der Waals surface area contributed by atoms with Gasteiger partial charge in [-0.15, -0.1) is 0 Å². The van der Waals surface area contributed by atoms with E-state index in [4.69, 9.17) is 9.47 Å². The molecule has 2 aliphatic rings. The first-order valence-corrected chi connectivity index (χ1v) is 12.8. The molecule has 188 valence electrons. The molecular weight excluding hydrogens is 442 g/mol. The Kier molecular flexibility index (Phi) is 7.93. The van der Waals surface area contributed by atoms with Gasteiger partial charge in [-0.3, -0.25) is 4.90 Å². The molecule has 35 heavy (non-hydrogen) atoms. The number of anilines is 1. The normalized spacial score (nSPS) is 18.8. The summed E-state index contributed by atoms with van der Waals surface area (Å²) in [6, 6.07) is 13.6. The van der Waals surface area contributed by atoms with Gasteiger partial charge in [0.25, 0.3) is 0 Å². The number of nitrogens with zero attached hydrogens (tertiary/aromatic N) is 3. The van der Waals surface area contributed by atoms with Gasteiger partial charge in [0.2, 0.25) is 0 Å². The monoisotopic (exact) mass is 479 g/mol. The van der Waals surface area contributed by atoms with Gasteiger partial charge in [-0.25, -0.2) is 14.6 Å². The zero-order chi connectivity index (χ0) is 24.8. The average molecular weight is 480 g/mol. The molecule has 2 heterocycles. The van der Waals surface area contributed by atoms with E-state index in [1.807, 2.05) is 68.1 Å². The van der Waals surface area contributed by atoms with Crippen molar-refractivity contribution in [2.75, 3.05) is 11.4 Å². The summed E-state index contributed by atoms with van der Waals surface area (Å²) >= 11 is 0. The number of likely N-dealkylation sites (tertiary alicyclic amines) is 1.